The number of nitrogens with zero attached hydrogens (tertiary/aromatic N) is 1. The molecule has 1 heterocycles. The molecule has 0 radical (unpaired) electrons. The van der Waals surface area contributed by atoms with E-state index in [1.165, 1.54) is 0 Å². The van der Waals surface area contributed by atoms with E-state index in [1.54, 1.807) is 55.8 Å². The molecular formula is C20H16ClNO4. The van der Waals surface area contributed by atoms with Crippen molar-refractivity contribution in [3.63, 3.8) is 0 Å². The molecule has 6 heteroatoms. The second kappa shape index (κ2) is 7.45. The number of aliphatic imine (C=N–C) groups is 1. The maximum atomic E-state index is 11.0. The Bertz CT molecular complexity index is 991. The number of hydrogen-bond acceptors (Lipinski definition) is 4. The van der Waals surface area contributed by atoms with Gasteiger partial charge in [0.15, 0.2) is 0 Å². The molecule has 0 saturated heterocycles. The van der Waals surface area contributed by atoms with E-state index in [0.717, 1.165) is 11.1 Å². The topological polar surface area (TPSA) is 72.0 Å². The van der Waals surface area contributed by atoms with Crippen LogP contribution in [0.2, 0.25) is 5.02 Å². The second-order valence-electron chi connectivity index (χ2n) is 5.61. The van der Waals surface area contributed by atoms with Gasteiger partial charge in [0.25, 0.3) is 0 Å². The highest BCUT2D eigenvalue weighted by atomic mass is 35.5. The molecule has 2 aromatic carbocycles. The molecule has 0 amide bonds. The summed E-state index contributed by atoms with van der Waals surface area (Å²) in [7, 11) is 1.57. The first kappa shape index (κ1) is 17.8. The lowest BCUT2D eigenvalue weighted by atomic mass is 10.0. The molecule has 0 bridgehead atoms. The van der Waals surface area contributed by atoms with Crippen LogP contribution in [0.4, 0.5) is 5.69 Å². The van der Waals surface area contributed by atoms with Gasteiger partial charge in [0.2, 0.25) is 0 Å². The van der Waals surface area contributed by atoms with Gasteiger partial charge in [0.05, 0.1) is 18.9 Å². The molecule has 5 nitrogen and oxygen atoms in total. The van der Waals surface area contributed by atoms with Crippen molar-refractivity contribution < 1.29 is 19.1 Å². The summed E-state index contributed by atoms with van der Waals surface area (Å²) < 4.78 is 11.1. The van der Waals surface area contributed by atoms with Crippen LogP contribution < -0.4 is 4.74 Å². The standard InChI is InChI=1S/C20H16ClNO4/c1-12-9-13(20(23)24)3-6-16(12)18-8-5-15(26-18)11-22-17-10-14(21)4-7-19(17)25-2/h3-11H,1-2H3,(H,23,24). The van der Waals surface area contributed by atoms with Crippen LogP contribution >= 0.6 is 11.6 Å². The first-order valence-electron chi connectivity index (χ1n) is 7.79. The number of carboxylic acids is 1. The molecular weight excluding hydrogens is 354 g/mol. The molecule has 0 aliphatic heterocycles. The minimum Gasteiger partial charge on any atom is -0.494 e. The third-order valence-electron chi connectivity index (χ3n) is 3.84. The highest BCUT2D eigenvalue weighted by Gasteiger charge is 2.10. The predicted molar refractivity (Wildman–Crippen MR) is 101 cm³/mol. The fraction of sp³-hybridized carbons (Fsp3) is 0.100. The van der Waals surface area contributed by atoms with Crippen LogP contribution in [-0.4, -0.2) is 24.4 Å². The van der Waals surface area contributed by atoms with Gasteiger partial charge in [-0.05, 0) is 55.0 Å². The van der Waals surface area contributed by atoms with E-state index in [0.29, 0.717) is 28.0 Å². The Morgan fingerprint density at radius 1 is 1.19 bits per heavy atom. The maximum absolute atomic E-state index is 11.0. The van der Waals surface area contributed by atoms with E-state index < -0.39 is 5.97 Å². The van der Waals surface area contributed by atoms with Crippen molar-refractivity contribution in [2.24, 2.45) is 4.99 Å². The normalized spacial score (nSPS) is 11.0. The number of carbonyl (C=O) groups is 1. The van der Waals surface area contributed by atoms with E-state index in [2.05, 4.69) is 4.99 Å². The molecule has 0 saturated carbocycles. The summed E-state index contributed by atoms with van der Waals surface area (Å²) in [5, 5.41) is 9.62. The zero-order valence-corrected chi connectivity index (χ0v) is 14.9. The van der Waals surface area contributed by atoms with E-state index in [-0.39, 0.29) is 5.56 Å². The molecule has 3 rings (SSSR count). The molecule has 26 heavy (non-hydrogen) atoms. The number of hydrogen-bond donors (Lipinski definition) is 1. The summed E-state index contributed by atoms with van der Waals surface area (Å²) in [6.45, 7) is 1.84. The average Bonchev–Trinajstić information content (AvgIpc) is 3.08. The molecule has 132 valence electrons. The maximum Gasteiger partial charge on any atom is 0.335 e. The van der Waals surface area contributed by atoms with E-state index >= 15 is 0 Å². The Labute approximate surface area is 155 Å². The number of benzene rings is 2. The molecule has 1 aromatic heterocycles. The minimum atomic E-state index is -0.956. The zero-order valence-electron chi connectivity index (χ0n) is 14.2. The van der Waals surface area contributed by atoms with Crippen molar-refractivity contribution in [3.8, 4) is 17.1 Å². The molecule has 0 spiro atoms. The van der Waals surface area contributed by atoms with Gasteiger partial charge >= 0.3 is 5.97 Å². The van der Waals surface area contributed by atoms with Gasteiger partial charge in [0.1, 0.15) is 23.0 Å². The largest absolute Gasteiger partial charge is 0.494 e. The summed E-state index contributed by atoms with van der Waals surface area (Å²) in [6, 6.07) is 13.7. The lowest BCUT2D eigenvalue weighted by Gasteiger charge is -2.04. The van der Waals surface area contributed by atoms with Crippen molar-refractivity contribution in [1.82, 2.24) is 0 Å². The fourth-order valence-electron chi connectivity index (χ4n) is 2.54. The lowest BCUT2D eigenvalue weighted by molar-refractivity contribution is 0.0697. The Balaban J connectivity index is 1.87. The van der Waals surface area contributed by atoms with Crippen LogP contribution in [0.25, 0.3) is 11.3 Å². The lowest BCUT2D eigenvalue weighted by Crippen LogP contribution is -1.96. The third-order valence-corrected chi connectivity index (χ3v) is 4.07. The van der Waals surface area contributed by atoms with Crippen LogP contribution in [0.1, 0.15) is 21.7 Å². The summed E-state index contributed by atoms with van der Waals surface area (Å²) in [4.78, 5) is 15.4. The Hall–Kier alpha value is -3.05. The molecule has 0 aliphatic carbocycles. The van der Waals surface area contributed by atoms with Crippen molar-refractivity contribution in [2.45, 2.75) is 6.92 Å². The summed E-state index contributed by atoms with van der Waals surface area (Å²) in [6.07, 6.45) is 1.58. The molecule has 0 atom stereocenters. The number of methoxy groups -OCH3 is 1. The quantitative estimate of drug-likeness (QED) is 0.614. The number of carboxylic acid groups (broad SMARTS) is 1. The Morgan fingerprint density at radius 2 is 2.00 bits per heavy atom. The first-order valence-corrected chi connectivity index (χ1v) is 8.17. The van der Waals surface area contributed by atoms with Crippen molar-refractivity contribution in [2.75, 3.05) is 7.11 Å². The van der Waals surface area contributed by atoms with Gasteiger partial charge in [-0.25, -0.2) is 9.79 Å². The third kappa shape index (κ3) is 3.78. The van der Waals surface area contributed by atoms with Gasteiger partial charge in [0, 0.05) is 10.6 Å². The highest BCUT2D eigenvalue weighted by molar-refractivity contribution is 6.30. The average molecular weight is 370 g/mol. The van der Waals surface area contributed by atoms with Crippen LogP contribution in [-0.2, 0) is 0 Å². The zero-order chi connectivity index (χ0) is 18.7. The minimum absolute atomic E-state index is 0.243. The van der Waals surface area contributed by atoms with Gasteiger partial charge in [-0.3, -0.25) is 0 Å². The number of halogens is 1. The van der Waals surface area contributed by atoms with Crippen molar-refractivity contribution >= 4 is 29.5 Å². The van der Waals surface area contributed by atoms with Crippen LogP contribution in [0.5, 0.6) is 5.75 Å². The second-order valence-corrected chi connectivity index (χ2v) is 6.05. The SMILES string of the molecule is COc1ccc(Cl)cc1N=Cc1ccc(-c2ccc(C(=O)O)cc2C)o1. The Kier molecular flexibility index (Phi) is 5.09. The number of aryl methyl sites for hydroxylation is 1. The smallest absolute Gasteiger partial charge is 0.335 e. The van der Waals surface area contributed by atoms with Crippen molar-refractivity contribution in [3.05, 3.63) is 70.4 Å². The highest BCUT2D eigenvalue weighted by Crippen LogP contribution is 2.31. The number of furan rings is 1. The van der Waals surface area contributed by atoms with Crippen LogP contribution in [0, 0.1) is 6.92 Å². The van der Waals surface area contributed by atoms with E-state index in [9.17, 15) is 4.79 Å². The van der Waals surface area contributed by atoms with Gasteiger partial charge < -0.3 is 14.3 Å². The summed E-state index contributed by atoms with van der Waals surface area (Å²) >= 11 is 6.00. The van der Waals surface area contributed by atoms with Crippen LogP contribution in [0.3, 0.4) is 0 Å². The van der Waals surface area contributed by atoms with Gasteiger partial charge in [-0.2, -0.15) is 0 Å². The van der Waals surface area contributed by atoms with E-state index in [1.807, 2.05) is 13.0 Å². The predicted octanol–water partition coefficient (Wildman–Crippen LogP) is 5.37. The van der Waals surface area contributed by atoms with Gasteiger partial charge in [-0.15, -0.1) is 0 Å². The van der Waals surface area contributed by atoms with Crippen molar-refractivity contribution in [1.29, 1.82) is 0 Å². The summed E-state index contributed by atoms with van der Waals surface area (Å²) in [5.41, 5.74) is 2.49. The molecule has 0 fully saturated rings. The molecule has 3 aromatic rings. The molecule has 1 N–H and O–H groups in total. The first-order chi connectivity index (χ1) is 12.5. The Morgan fingerprint density at radius 3 is 2.69 bits per heavy atom. The molecule has 0 aliphatic rings. The molecule has 0 unspecified atom stereocenters. The fourth-order valence-corrected chi connectivity index (χ4v) is 2.70. The monoisotopic (exact) mass is 369 g/mol. The van der Waals surface area contributed by atoms with Crippen LogP contribution in [0.15, 0.2) is 57.9 Å². The van der Waals surface area contributed by atoms with Gasteiger partial charge in [-0.1, -0.05) is 17.7 Å². The van der Waals surface area contributed by atoms with E-state index in [4.69, 9.17) is 25.9 Å². The summed E-state index contributed by atoms with van der Waals surface area (Å²) in [5.74, 6) is 0.850. The number of aromatic carboxylic acids is 1. The number of ether oxygens (including phenoxy) is 1. The number of rotatable bonds is 5.